The van der Waals surface area contributed by atoms with E-state index < -0.39 is 12.0 Å². The summed E-state index contributed by atoms with van der Waals surface area (Å²) in [5, 5.41) is 2.29. The second kappa shape index (κ2) is 14.6. The Labute approximate surface area is 297 Å². The fraction of sp³-hybridized carbons (Fsp3) is 0.146. The van der Waals surface area contributed by atoms with Crippen LogP contribution in [-0.2, 0) is 16.1 Å². The van der Waals surface area contributed by atoms with Crippen LogP contribution in [0.1, 0.15) is 35.2 Å². The number of thioether (sulfide) groups is 1. The van der Waals surface area contributed by atoms with E-state index in [4.69, 9.17) is 19.2 Å². The number of hydrogen-bond donors (Lipinski definition) is 0. The predicted molar refractivity (Wildman–Crippen MR) is 201 cm³/mol. The van der Waals surface area contributed by atoms with Crippen molar-refractivity contribution >= 4 is 51.6 Å². The van der Waals surface area contributed by atoms with Crippen molar-refractivity contribution in [1.29, 1.82) is 0 Å². The van der Waals surface area contributed by atoms with Crippen LogP contribution in [0.5, 0.6) is 11.5 Å². The first-order valence-corrected chi connectivity index (χ1v) is 18.2. The molecule has 50 heavy (non-hydrogen) atoms. The number of thiazole rings is 1. The molecule has 0 unspecified atom stereocenters. The highest BCUT2D eigenvalue weighted by molar-refractivity contribution is 7.98. The van der Waals surface area contributed by atoms with Crippen LogP contribution in [0.2, 0.25) is 0 Å². The number of benzene rings is 5. The van der Waals surface area contributed by atoms with E-state index in [-0.39, 0.29) is 12.2 Å². The molecule has 0 aliphatic carbocycles. The summed E-state index contributed by atoms with van der Waals surface area (Å²) in [4.78, 5) is 34.6. The molecule has 250 valence electrons. The monoisotopic (exact) mass is 698 g/mol. The smallest absolute Gasteiger partial charge is 0.338 e. The van der Waals surface area contributed by atoms with Crippen LogP contribution < -0.4 is 24.4 Å². The van der Waals surface area contributed by atoms with Crippen molar-refractivity contribution in [2.45, 2.75) is 24.5 Å². The van der Waals surface area contributed by atoms with Gasteiger partial charge < -0.3 is 14.2 Å². The molecule has 7 nitrogen and oxygen atoms in total. The number of carbonyl (C=O) groups excluding carboxylic acids is 1. The minimum atomic E-state index is -0.738. The van der Waals surface area contributed by atoms with Crippen LogP contribution in [0.4, 0.5) is 0 Å². The van der Waals surface area contributed by atoms with Crippen LogP contribution in [0.3, 0.4) is 0 Å². The average Bonchev–Trinajstić information content (AvgIpc) is 3.47. The van der Waals surface area contributed by atoms with Crippen LogP contribution in [-0.4, -0.2) is 30.5 Å². The number of hydrogen-bond acceptors (Lipinski definition) is 8. The third-order valence-corrected chi connectivity index (χ3v) is 10.3. The predicted octanol–water partition coefficient (Wildman–Crippen LogP) is 7.40. The molecule has 0 bridgehead atoms. The number of aromatic nitrogens is 1. The highest BCUT2D eigenvalue weighted by Crippen LogP contribution is 2.36. The van der Waals surface area contributed by atoms with Gasteiger partial charge in [0, 0.05) is 10.5 Å². The Kier molecular flexibility index (Phi) is 9.69. The Morgan fingerprint density at radius 1 is 0.920 bits per heavy atom. The molecule has 1 aliphatic rings. The number of nitrogens with zero attached hydrogens (tertiary/aromatic N) is 2. The number of carbonyl (C=O) groups is 1. The van der Waals surface area contributed by atoms with Gasteiger partial charge in [-0.2, -0.15) is 0 Å². The second-order valence-corrected chi connectivity index (χ2v) is 13.4. The Morgan fingerprint density at radius 2 is 1.68 bits per heavy atom. The van der Waals surface area contributed by atoms with Gasteiger partial charge in [-0.1, -0.05) is 102 Å². The second-order valence-electron chi connectivity index (χ2n) is 11.5. The van der Waals surface area contributed by atoms with Gasteiger partial charge in [0.25, 0.3) is 5.56 Å². The standard InChI is InChI=1S/C41H34N2O5S2/c1-4-47-40(45)36-37(28-12-6-5-7-13-28)42-41-43(38(36)29-18-20-31(49-3)21-19-29)39(44)35(50-41)24-26-17-22-33(34(23-26)46-2)48-25-30-15-10-14-27-11-8-9-16-32(27)30/h5-24,38H,4,25H2,1-3H3/b35-24-/t38-/m1/s1. The van der Waals surface area contributed by atoms with Gasteiger partial charge in [-0.3, -0.25) is 9.36 Å². The van der Waals surface area contributed by atoms with Crippen molar-refractivity contribution in [3.8, 4) is 11.5 Å². The van der Waals surface area contributed by atoms with Crippen molar-refractivity contribution in [1.82, 2.24) is 4.57 Å². The molecule has 6 aromatic rings. The number of ether oxygens (including phenoxy) is 3. The van der Waals surface area contributed by atoms with E-state index >= 15 is 0 Å². The quantitative estimate of drug-likeness (QED) is 0.110. The minimum Gasteiger partial charge on any atom is -0.493 e. The van der Waals surface area contributed by atoms with E-state index in [0.717, 1.165) is 37.9 Å². The zero-order chi connectivity index (χ0) is 34.6. The molecule has 1 aliphatic heterocycles. The van der Waals surface area contributed by atoms with Gasteiger partial charge in [0.1, 0.15) is 6.61 Å². The molecule has 0 N–H and O–H groups in total. The largest absolute Gasteiger partial charge is 0.493 e. The van der Waals surface area contributed by atoms with E-state index in [2.05, 4.69) is 24.3 Å². The molecule has 0 spiro atoms. The maximum atomic E-state index is 14.3. The lowest BCUT2D eigenvalue weighted by molar-refractivity contribution is -0.138. The lowest BCUT2D eigenvalue weighted by atomic mass is 9.93. The summed E-state index contributed by atoms with van der Waals surface area (Å²) in [6.07, 6.45) is 3.83. The maximum absolute atomic E-state index is 14.3. The fourth-order valence-corrected chi connectivity index (χ4v) is 7.57. The Bertz CT molecular complexity index is 2410. The average molecular weight is 699 g/mol. The van der Waals surface area contributed by atoms with Crippen LogP contribution in [0, 0.1) is 0 Å². The molecular weight excluding hydrogens is 665 g/mol. The zero-order valence-electron chi connectivity index (χ0n) is 27.8. The summed E-state index contributed by atoms with van der Waals surface area (Å²) in [7, 11) is 1.60. The number of fused-ring (bicyclic) bond motifs is 2. The van der Waals surface area contributed by atoms with Gasteiger partial charge in [-0.25, -0.2) is 9.79 Å². The molecule has 1 atom stereocenters. The van der Waals surface area contributed by atoms with Gasteiger partial charge in [-0.15, -0.1) is 11.8 Å². The first-order chi connectivity index (χ1) is 24.5. The van der Waals surface area contributed by atoms with Crippen molar-refractivity contribution in [2.24, 2.45) is 4.99 Å². The SMILES string of the molecule is CCOC(=O)C1=C(c2ccccc2)N=c2s/c(=C\c3ccc(OCc4cccc5ccccc45)c(OC)c3)c(=O)n2[C@@H]1c1ccc(SC)cc1. The molecule has 2 heterocycles. The van der Waals surface area contributed by atoms with Gasteiger partial charge in [0.2, 0.25) is 0 Å². The maximum Gasteiger partial charge on any atom is 0.338 e. The highest BCUT2D eigenvalue weighted by atomic mass is 32.2. The third-order valence-electron chi connectivity index (χ3n) is 8.55. The summed E-state index contributed by atoms with van der Waals surface area (Å²) < 4.78 is 19.6. The fourth-order valence-electron chi connectivity index (χ4n) is 6.16. The highest BCUT2D eigenvalue weighted by Gasteiger charge is 2.35. The molecule has 1 aromatic heterocycles. The molecule has 7 rings (SSSR count). The first kappa shape index (κ1) is 33.1. The number of methoxy groups -OCH3 is 1. The van der Waals surface area contributed by atoms with E-state index in [1.54, 1.807) is 30.4 Å². The lowest BCUT2D eigenvalue weighted by Crippen LogP contribution is -2.40. The topological polar surface area (TPSA) is 79.1 Å². The molecule has 0 fully saturated rings. The van der Waals surface area contributed by atoms with E-state index in [0.29, 0.717) is 38.7 Å². The van der Waals surface area contributed by atoms with Crippen molar-refractivity contribution in [3.05, 3.63) is 163 Å². The van der Waals surface area contributed by atoms with E-state index in [1.165, 1.54) is 11.3 Å². The Morgan fingerprint density at radius 3 is 2.44 bits per heavy atom. The van der Waals surface area contributed by atoms with Crippen LogP contribution >= 0.6 is 23.1 Å². The van der Waals surface area contributed by atoms with E-state index in [1.807, 2.05) is 103 Å². The van der Waals surface area contributed by atoms with Gasteiger partial charge in [0.05, 0.1) is 35.6 Å². The summed E-state index contributed by atoms with van der Waals surface area (Å²) in [5.41, 5.74) is 3.95. The van der Waals surface area contributed by atoms with E-state index in [9.17, 15) is 9.59 Å². The molecule has 0 saturated heterocycles. The third kappa shape index (κ3) is 6.49. The molecule has 0 saturated carbocycles. The summed E-state index contributed by atoms with van der Waals surface area (Å²) >= 11 is 2.90. The Balaban J connectivity index is 1.31. The Hall–Kier alpha value is -5.38. The molecule has 9 heteroatoms. The van der Waals surface area contributed by atoms with Crippen molar-refractivity contribution in [2.75, 3.05) is 20.0 Å². The van der Waals surface area contributed by atoms with Crippen molar-refractivity contribution in [3.63, 3.8) is 0 Å². The minimum absolute atomic E-state index is 0.191. The van der Waals surface area contributed by atoms with Crippen molar-refractivity contribution < 1.29 is 19.0 Å². The molecule has 0 amide bonds. The van der Waals surface area contributed by atoms with Crippen LogP contribution in [0.15, 0.2) is 136 Å². The zero-order valence-corrected chi connectivity index (χ0v) is 29.4. The lowest BCUT2D eigenvalue weighted by Gasteiger charge is -2.26. The summed E-state index contributed by atoms with van der Waals surface area (Å²) in [6, 6.07) is 36.7. The molecule has 0 radical (unpaired) electrons. The summed E-state index contributed by atoms with van der Waals surface area (Å²) in [5.74, 6) is 0.640. The van der Waals surface area contributed by atoms with Gasteiger partial charge >= 0.3 is 5.97 Å². The normalized spacial score (nSPS) is 14.3. The number of esters is 1. The van der Waals surface area contributed by atoms with Crippen LogP contribution in [0.25, 0.3) is 22.5 Å². The summed E-state index contributed by atoms with van der Waals surface area (Å²) in [6.45, 7) is 2.34. The molecular formula is C41H34N2O5S2. The number of rotatable bonds is 10. The molecule has 5 aromatic carbocycles. The first-order valence-electron chi connectivity index (χ1n) is 16.2. The van der Waals surface area contributed by atoms with Gasteiger partial charge in [0.15, 0.2) is 16.3 Å². The van der Waals surface area contributed by atoms with Gasteiger partial charge in [-0.05, 0) is 71.0 Å².